The van der Waals surface area contributed by atoms with Crippen molar-refractivity contribution >= 4 is 23.7 Å². The number of nitrogens with one attached hydrogen (secondary N) is 1. The zero-order valence-corrected chi connectivity index (χ0v) is 17.4. The largest absolute Gasteiger partial charge is 0.497 e. The van der Waals surface area contributed by atoms with Crippen LogP contribution < -0.4 is 14.9 Å². The van der Waals surface area contributed by atoms with Crippen molar-refractivity contribution in [1.29, 1.82) is 0 Å². The zero-order chi connectivity index (χ0) is 21.0. The number of methoxy groups -OCH3 is 2. The Labute approximate surface area is 174 Å². The molecule has 6 nitrogen and oxygen atoms in total. The third-order valence-corrected chi connectivity index (χ3v) is 4.79. The summed E-state index contributed by atoms with van der Waals surface area (Å²) in [5, 5.41) is 4.73. The highest BCUT2D eigenvalue weighted by Gasteiger charge is 2.14. The smallest absolute Gasteiger partial charge is 0.271 e. The van der Waals surface area contributed by atoms with E-state index in [1.807, 2.05) is 36.6 Å². The fourth-order valence-corrected chi connectivity index (χ4v) is 3.28. The number of carbonyl (C=O) groups excluding carboxylic acids is 1. The second-order valence-electron chi connectivity index (χ2n) is 6.41. The van der Waals surface area contributed by atoms with Gasteiger partial charge in [-0.15, -0.1) is 0 Å². The maximum atomic E-state index is 12.3. The molecule has 3 aromatic rings. The molecule has 1 amide bonds. The van der Waals surface area contributed by atoms with Gasteiger partial charge in [-0.2, -0.15) is 5.10 Å². The number of benzene rings is 2. The van der Waals surface area contributed by atoms with Crippen LogP contribution in [0.5, 0.6) is 11.5 Å². The summed E-state index contributed by atoms with van der Waals surface area (Å²) >= 11 is 6.18. The highest BCUT2D eigenvalue weighted by Crippen LogP contribution is 2.30. The summed E-state index contributed by atoms with van der Waals surface area (Å²) in [4.78, 5) is 12.3. The number of halogens is 1. The molecule has 0 unspecified atom stereocenters. The number of rotatable bonds is 6. The summed E-state index contributed by atoms with van der Waals surface area (Å²) in [6.45, 7) is 3.96. The first-order chi connectivity index (χ1) is 13.9. The van der Waals surface area contributed by atoms with E-state index in [-0.39, 0.29) is 5.91 Å². The van der Waals surface area contributed by atoms with E-state index < -0.39 is 0 Å². The van der Waals surface area contributed by atoms with Gasteiger partial charge in [0.25, 0.3) is 5.91 Å². The fourth-order valence-electron chi connectivity index (χ4n) is 3.12. The normalized spacial score (nSPS) is 10.9. The highest BCUT2D eigenvalue weighted by molar-refractivity contribution is 6.30. The Morgan fingerprint density at radius 2 is 1.90 bits per heavy atom. The maximum Gasteiger partial charge on any atom is 0.271 e. The fraction of sp³-hybridized carbons (Fsp3) is 0.182. The predicted octanol–water partition coefficient (Wildman–Crippen LogP) is 4.53. The number of carbonyl (C=O) groups is 1. The van der Waals surface area contributed by atoms with Crippen LogP contribution in [0.2, 0.25) is 5.02 Å². The average Bonchev–Trinajstić information content (AvgIpc) is 3.01. The van der Waals surface area contributed by atoms with Crippen molar-refractivity contribution in [2.75, 3.05) is 14.2 Å². The van der Waals surface area contributed by atoms with Crippen LogP contribution >= 0.6 is 11.6 Å². The molecule has 0 fully saturated rings. The van der Waals surface area contributed by atoms with Gasteiger partial charge < -0.3 is 14.0 Å². The molecule has 2 aromatic carbocycles. The Kier molecular flexibility index (Phi) is 6.24. The van der Waals surface area contributed by atoms with Gasteiger partial charge in [-0.25, -0.2) is 5.43 Å². The number of nitrogens with zero attached hydrogens (tertiary/aromatic N) is 2. The first kappa shape index (κ1) is 20.5. The molecular formula is C22H22ClN3O3. The van der Waals surface area contributed by atoms with Gasteiger partial charge in [0.1, 0.15) is 11.5 Å². The van der Waals surface area contributed by atoms with Gasteiger partial charge in [-0.1, -0.05) is 17.7 Å². The van der Waals surface area contributed by atoms with Gasteiger partial charge in [0.2, 0.25) is 0 Å². The summed E-state index contributed by atoms with van der Waals surface area (Å²) in [6, 6.07) is 14.3. The molecule has 0 aliphatic rings. The Morgan fingerprint density at radius 3 is 2.62 bits per heavy atom. The maximum absolute atomic E-state index is 12.3. The van der Waals surface area contributed by atoms with Gasteiger partial charge in [0.15, 0.2) is 0 Å². The second kappa shape index (κ2) is 8.84. The van der Waals surface area contributed by atoms with Crippen molar-refractivity contribution in [2.45, 2.75) is 13.8 Å². The standard InChI is InChI=1S/C22H22ClN3O3/c1-14-10-17(13-24-25-22(27)16-6-5-7-19(11-16)28-3)15(2)26(14)20-12-18(23)8-9-21(20)29-4/h5-13H,1-4H3,(H,25,27)/b24-13-. The van der Waals surface area contributed by atoms with Crippen LogP contribution in [0.25, 0.3) is 5.69 Å². The van der Waals surface area contributed by atoms with Gasteiger partial charge in [-0.3, -0.25) is 4.79 Å². The molecule has 1 heterocycles. The Hall–Kier alpha value is -3.25. The number of amides is 1. The first-order valence-electron chi connectivity index (χ1n) is 8.95. The molecule has 0 spiro atoms. The molecule has 150 valence electrons. The van der Waals surface area contributed by atoms with Crippen molar-refractivity contribution < 1.29 is 14.3 Å². The van der Waals surface area contributed by atoms with Gasteiger partial charge in [0.05, 0.1) is 26.1 Å². The van der Waals surface area contributed by atoms with Gasteiger partial charge >= 0.3 is 0 Å². The number of aromatic nitrogens is 1. The molecule has 0 radical (unpaired) electrons. The summed E-state index contributed by atoms with van der Waals surface area (Å²) < 4.78 is 12.7. The molecule has 0 aliphatic heterocycles. The van der Waals surface area contributed by atoms with Crippen molar-refractivity contribution in [1.82, 2.24) is 9.99 Å². The number of aryl methyl sites for hydroxylation is 1. The van der Waals surface area contributed by atoms with Crippen LogP contribution in [0.15, 0.2) is 53.6 Å². The molecule has 0 saturated heterocycles. The lowest BCUT2D eigenvalue weighted by atomic mass is 10.2. The predicted molar refractivity (Wildman–Crippen MR) is 115 cm³/mol. The molecular weight excluding hydrogens is 390 g/mol. The van der Waals surface area contributed by atoms with Crippen molar-refractivity contribution in [3.63, 3.8) is 0 Å². The lowest BCUT2D eigenvalue weighted by Crippen LogP contribution is -2.17. The highest BCUT2D eigenvalue weighted by atomic mass is 35.5. The minimum Gasteiger partial charge on any atom is -0.497 e. The van der Waals surface area contributed by atoms with Gasteiger partial charge in [0, 0.05) is 27.5 Å². The van der Waals surface area contributed by atoms with Crippen LogP contribution in [-0.2, 0) is 0 Å². The van der Waals surface area contributed by atoms with Crippen molar-refractivity contribution in [3.05, 3.63) is 76.1 Å². The second-order valence-corrected chi connectivity index (χ2v) is 6.85. The van der Waals surface area contributed by atoms with Crippen LogP contribution in [0.1, 0.15) is 27.3 Å². The van der Waals surface area contributed by atoms with E-state index >= 15 is 0 Å². The third-order valence-electron chi connectivity index (χ3n) is 4.55. The quantitative estimate of drug-likeness (QED) is 0.478. The van der Waals surface area contributed by atoms with E-state index in [2.05, 4.69) is 10.5 Å². The summed E-state index contributed by atoms with van der Waals surface area (Å²) in [5.41, 5.74) is 6.66. The lowest BCUT2D eigenvalue weighted by Gasteiger charge is -2.14. The summed E-state index contributed by atoms with van der Waals surface area (Å²) in [7, 11) is 3.18. The van der Waals surface area contributed by atoms with Gasteiger partial charge in [-0.05, 0) is 56.3 Å². The number of hydrazone groups is 1. The molecule has 7 heteroatoms. The van der Waals surface area contributed by atoms with E-state index in [0.717, 1.165) is 22.6 Å². The molecule has 3 rings (SSSR count). The molecule has 0 saturated carbocycles. The Bertz CT molecular complexity index is 1070. The van der Waals surface area contributed by atoms with Crippen molar-refractivity contribution in [3.8, 4) is 17.2 Å². The lowest BCUT2D eigenvalue weighted by molar-refractivity contribution is 0.0955. The molecule has 29 heavy (non-hydrogen) atoms. The average molecular weight is 412 g/mol. The van der Waals surface area contributed by atoms with E-state index in [1.54, 1.807) is 50.8 Å². The number of hydrogen-bond donors (Lipinski definition) is 1. The van der Waals surface area contributed by atoms with E-state index in [0.29, 0.717) is 22.1 Å². The monoisotopic (exact) mass is 411 g/mol. The Morgan fingerprint density at radius 1 is 1.10 bits per heavy atom. The van der Waals surface area contributed by atoms with E-state index in [9.17, 15) is 4.79 Å². The molecule has 1 aromatic heterocycles. The summed E-state index contributed by atoms with van der Waals surface area (Å²) in [6.07, 6.45) is 1.62. The Balaban J connectivity index is 1.83. The third kappa shape index (κ3) is 4.43. The molecule has 0 bridgehead atoms. The summed E-state index contributed by atoms with van der Waals surface area (Å²) in [5.74, 6) is 1.01. The van der Waals surface area contributed by atoms with Crippen molar-refractivity contribution in [2.24, 2.45) is 5.10 Å². The molecule has 1 N–H and O–H groups in total. The topological polar surface area (TPSA) is 64.8 Å². The minimum absolute atomic E-state index is 0.314. The molecule has 0 aliphatic carbocycles. The van der Waals surface area contributed by atoms with Crippen LogP contribution in [0.4, 0.5) is 0 Å². The van der Waals surface area contributed by atoms with Crippen LogP contribution in [0, 0.1) is 13.8 Å². The first-order valence-corrected chi connectivity index (χ1v) is 9.32. The molecule has 0 atom stereocenters. The van der Waals surface area contributed by atoms with Crippen LogP contribution in [0.3, 0.4) is 0 Å². The zero-order valence-electron chi connectivity index (χ0n) is 16.7. The SMILES string of the molecule is COc1cccc(C(=O)N/N=C\c2cc(C)n(-c3cc(Cl)ccc3OC)c2C)c1. The number of ether oxygens (including phenoxy) is 2. The van der Waals surface area contributed by atoms with Crippen LogP contribution in [-0.4, -0.2) is 30.9 Å². The van der Waals surface area contributed by atoms with E-state index in [1.165, 1.54) is 0 Å². The minimum atomic E-state index is -0.314. The van der Waals surface area contributed by atoms with E-state index in [4.69, 9.17) is 21.1 Å². The number of hydrogen-bond acceptors (Lipinski definition) is 4.